The van der Waals surface area contributed by atoms with Crippen molar-refractivity contribution in [2.45, 2.75) is 29.2 Å². The number of piperidine rings is 1. The van der Waals surface area contributed by atoms with Gasteiger partial charge in [0.2, 0.25) is 10.0 Å². The zero-order valence-corrected chi connectivity index (χ0v) is 16.7. The second-order valence-electron chi connectivity index (χ2n) is 5.95. The summed E-state index contributed by atoms with van der Waals surface area (Å²) in [6.07, 6.45) is 4.40. The highest BCUT2D eigenvalue weighted by molar-refractivity contribution is 7.99. The Hall–Kier alpha value is -1.28. The molecule has 8 heteroatoms. The highest BCUT2D eigenvalue weighted by atomic mass is 35.5. The first-order valence-corrected chi connectivity index (χ1v) is 11.3. The lowest BCUT2D eigenvalue weighted by atomic mass is 10.2. The normalized spacial score (nSPS) is 15.7. The monoisotopic (exact) mass is 412 g/mol. The van der Waals surface area contributed by atoms with Crippen LogP contribution in [0, 0.1) is 0 Å². The Morgan fingerprint density at radius 3 is 2.46 bits per heavy atom. The van der Waals surface area contributed by atoms with Crippen molar-refractivity contribution < 1.29 is 13.2 Å². The van der Waals surface area contributed by atoms with Crippen LogP contribution in [0.4, 0.5) is 0 Å². The second-order valence-corrected chi connectivity index (χ2v) is 9.44. The van der Waals surface area contributed by atoms with Gasteiger partial charge in [0.25, 0.3) is 0 Å². The molecule has 0 amide bonds. The van der Waals surface area contributed by atoms with Crippen LogP contribution in [0.1, 0.15) is 19.3 Å². The molecule has 1 aliphatic heterocycles. The van der Waals surface area contributed by atoms with Crippen molar-refractivity contribution in [1.29, 1.82) is 0 Å². The number of hydrogen-bond donors (Lipinski definition) is 0. The third-order valence-corrected chi connectivity index (χ3v) is 7.12. The lowest BCUT2D eigenvalue weighted by molar-refractivity contribution is 0.344. The molecule has 0 spiro atoms. The van der Waals surface area contributed by atoms with Crippen LogP contribution < -0.4 is 4.74 Å². The molecule has 0 saturated carbocycles. The quantitative estimate of drug-likeness (QED) is 0.506. The predicted octanol–water partition coefficient (Wildman–Crippen LogP) is 4.08. The summed E-state index contributed by atoms with van der Waals surface area (Å²) in [5.74, 6) is 1.49. The van der Waals surface area contributed by atoms with E-state index in [1.807, 2.05) is 12.1 Å². The zero-order valence-electron chi connectivity index (χ0n) is 14.3. The number of hydrogen-bond acceptors (Lipinski definition) is 5. The first kappa shape index (κ1) is 19.5. The summed E-state index contributed by atoms with van der Waals surface area (Å²) in [6, 6.07) is 10.6. The molecule has 0 bridgehead atoms. The molecule has 0 aliphatic carbocycles. The van der Waals surface area contributed by atoms with Crippen LogP contribution in [0.15, 0.2) is 52.5 Å². The minimum absolute atomic E-state index is 0.265. The van der Waals surface area contributed by atoms with E-state index in [9.17, 15) is 8.42 Å². The van der Waals surface area contributed by atoms with Crippen LogP contribution >= 0.6 is 23.4 Å². The number of halogens is 1. The van der Waals surface area contributed by atoms with Crippen LogP contribution in [-0.4, -0.2) is 43.2 Å². The Morgan fingerprint density at radius 1 is 1.08 bits per heavy atom. The summed E-state index contributed by atoms with van der Waals surface area (Å²) >= 11 is 7.36. The van der Waals surface area contributed by atoms with Gasteiger partial charge in [0.15, 0.2) is 0 Å². The van der Waals surface area contributed by atoms with E-state index >= 15 is 0 Å². The second kappa shape index (κ2) is 9.08. The van der Waals surface area contributed by atoms with Crippen molar-refractivity contribution in [2.75, 3.05) is 25.4 Å². The summed E-state index contributed by atoms with van der Waals surface area (Å²) in [6.45, 7) is 1.73. The molecular formula is C18H21ClN2O3S2. The Morgan fingerprint density at radius 2 is 1.81 bits per heavy atom. The number of rotatable bonds is 7. The first-order chi connectivity index (χ1) is 12.6. The maximum Gasteiger partial charge on any atom is 0.244 e. The van der Waals surface area contributed by atoms with Gasteiger partial charge in [-0.25, -0.2) is 13.4 Å². The van der Waals surface area contributed by atoms with Gasteiger partial charge < -0.3 is 4.74 Å². The van der Waals surface area contributed by atoms with Gasteiger partial charge in [0.05, 0.1) is 11.6 Å². The third kappa shape index (κ3) is 5.13. The topological polar surface area (TPSA) is 59.5 Å². The predicted molar refractivity (Wildman–Crippen MR) is 105 cm³/mol. The van der Waals surface area contributed by atoms with Crippen LogP contribution in [0.3, 0.4) is 0 Å². The smallest absolute Gasteiger partial charge is 0.244 e. The SMILES string of the molecule is O=S(=O)(c1ccc(SCCOc2ccc(Cl)cc2)nc1)N1CCCCC1. The van der Waals surface area contributed by atoms with E-state index in [0.29, 0.717) is 30.5 Å². The molecule has 0 N–H and O–H groups in total. The molecule has 1 fully saturated rings. The van der Waals surface area contributed by atoms with Crippen molar-refractivity contribution in [3.05, 3.63) is 47.6 Å². The standard InChI is InChI=1S/C18H21ClN2O3S2/c19-15-4-6-16(7-5-15)24-12-13-25-18-9-8-17(14-20-18)26(22,23)21-10-2-1-3-11-21/h4-9,14H,1-3,10-13H2. The van der Waals surface area contributed by atoms with Crippen LogP contribution in [0.25, 0.3) is 0 Å². The van der Waals surface area contributed by atoms with Gasteiger partial charge in [-0.3, -0.25) is 0 Å². The van der Waals surface area contributed by atoms with Gasteiger partial charge in [0, 0.05) is 30.1 Å². The average molecular weight is 413 g/mol. The third-order valence-electron chi connectivity index (χ3n) is 4.08. The van der Waals surface area contributed by atoms with E-state index in [4.69, 9.17) is 16.3 Å². The Labute approximate surface area is 163 Å². The fourth-order valence-electron chi connectivity index (χ4n) is 2.70. The molecule has 1 aromatic heterocycles. The fourth-order valence-corrected chi connectivity index (χ4v) is 4.95. The van der Waals surface area contributed by atoms with Crippen molar-refractivity contribution in [2.24, 2.45) is 0 Å². The summed E-state index contributed by atoms with van der Waals surface area (Å²) < 4.78 is 32.4. The van der Waals surface area contributed by atoms with Crippen LogP contribution in [0.5, 0.6) is 5.75 Å². The number of benzene rings is 1. The van der Waals surface area contributed by atoms with Gasteiger partial charge in [-0.1, -0.05) is 18.0 Å². The molecule has 140 valence electrons. The number of aromatic nitrogens is 1. The maximum absolute atomic E-state index is 12.6. The molecule has 1 aromatic carbocycles. The molecule has 26 heavy (non-hydrogen) atoms. The number of ether oxygens (including phenoxy) is 1. The fraction of sp³-hybridized carbons (Fsp3) is 0.389. The Balaban J connectivity index is 1.50. The zero-order chi connectivity index (χ0) is 18.4. The highest BCUT2D eigenvalue weighted by Crippen LogP contribution is 2.22. The number of sulfonamides is 1. The van der Waals surface area contributed by atoms with Crippen LogP contribution in [-0.2, 0) is 10.0 Å². The van der Waals surface area contributed by atoms with Gasteiger partial charge in [0.1, 0.15) is 10.6 Å². The molecule has 1 aliphatic rings. The van der Waals surface area contributed by atoms with E-state index in [-0.39, 0.29) is 4.90 Å². The van der Waals surface area contributed by atoms with E-state index in [1.54, 1.807) is 28.6 Å². The summed E-state index contributed by atoms with van der Waals surface area (Å²) in [5.41, 5.74) is 0. The molecular weight excluding hydrogens is 392 g/mol. The van der Waals surface area contributed by atoms with Gasteiger partial charge in [-0.15, -0.1) is 11.8 Å². The molecule has 0 radical (unpaired) electrons. The minimum Gasteiger partial charge on any atom is -0.493 e. The van der Waals surface area contributed by atoms with Crippen molar-refractivity contribution in [3.8, 4) is 5.75 Å². The molecule has 2 aromatic rings. The van der Waals surface area contributed by atoms with Gasteiger partial charge in [-0.05, 0) is 49.2 Å². The average Bonchev–Trinajstić information content (AvgIpc) is 2.68. The number of thioether (sulfide) groups is 1. The Kier molecular flexibility index (Phi) is 6.80. The summed E-state index contributed by atoms with van der Waals surface area (Å²) in [4.78, 5) is 4.55. The van der Waals surface area contributed by atoms with Crippen molar-refractivity contribution in [3.63, 3.8) is 0 Å². The highest BCUT2D eigenvalue weighted by Gasteiger charge is 2.26. The first-order valence-electron chi connectivity index (χ1n) is 8.53. The van der Waals surface area contributed by atoms with Crippen molar-refractivity contribution in [1.82, 2.24) is 9.29 Å². The van der Waals surface area contributed by atoms with Gasteiger partial charge in [-0.2, -0.15) is 4.31 Å². The molecule has 0 unspecified atom stereocenters. The largest absolute Gasteiger partial charge is 0.493 e. The van der Waals surface area contributed by atoms with Crippen molar-refractivity contribution >= 4 is 33.4 Å². The molecule has 5 nitrogen and oxygen atoms in total. The van der Waals surface area contributed by atoms with Crippen LogP contribution in [0.2, 0.25) is 5.02 Å². The summed E-state index contributed by atoms with van der Waals surface area (Å²) in [5, 5.41) is 1.46. The Bertz CT molecular complexity index is 805. The number of nitrogens with zero attached hydrogens (tertiary/aromatic N) is 2. The number of pyridine rings is 1. The molecule has 3 rings (SSSR count). The molecule has 1 saturated heterocycles. The van der Waals surface area contributed by atoms with E-state index in [2.05, 4.69) is 4.98 Å². The summed E-state index contributed by atoms with van der Waals surface area (Å²) in [7, 11) is -3.42. The van der Waals surface area contributed by atoms with E-state index < -0.39 is 10.0 Å². The van der Waals surface area contributed by atoms with E-state index in [0.717, 1.165) is 30.0 Å². The maximum atomic E-state index is 12.6. The minimum atomic E-state index is -3.42. The van der Waals surface area contributed by atoms with Gasteiger partial charge >= 0.3 is 0 Å². The molecule has 2 heterocycles. The molecule has 0 atom stereocenters. The lowest BCUT2D eigenvalue weighted by Crippen LogP contribution is -2.35. The van der Waals surface area contributed by atoms with E-state index in [1.165, 1.54) is 18.0 Å². The lowest BCUT2D eigenvalue weighted by Gasteiger charge is -2.25.